The van der Waals surface area contributed by atoms with Crippen molar-refractivity contribution in [2.24, 2.45) is 5.11 Å². The van der Waals surface area contributed by atoms with Crippen LogP contribution < -0.4 is 10.1 Å². The van der Waals surface area contributed by atoms with Crippen LogP contribution in [-0.2, 0) is 4.79 Å². The Labute approximate surface area is 124 Å². The van der Waals surface area contributed by atoms with Gasteiger partial charge < -0.3 is 15.2 Å². The van der Waals surface area contributed by atoms with Crippen LogP contribution in [0.2, 0.25) is 0 Å². The number of hydrogen-bond donors (Lipinski definition) is 2. The van der Waals surface area contributed by atoms with Crippen molar-refractivity contribution in [3.8, 4) is 5.75 Å². The van der Waals surface area contributed by atoms with Crippen molar-refractivity contribution in [2.45, 2.75) is 12.5 Å². The molecule has 0 aliphatic rings. The van der Waals surface area contributed by atoms with Crippen LogP contribution in [0, 0.1) is 0 Å². The van der Waals surface area contributed by atoms with Gasteiger partial charge in [0, 0.05) is 11.5 Å². The molecule has 0 heterocycles. The van der Waals surface area contributed by atoms with E-state index >= 15 is 0 Å². The number of benzene rings is 1. The molecule has 1 rings (SSSR count). The van der Waals surface area contributed by atoms with E-state index < -0.39 is 12.0 Å². The van der Waals surface area contributed by atoms with Gasteiger partial charge in [0.2, 0.25) is 0 Å². The Bertz CT molecular complexity index is 517. The third-order valence-corrected chi connectivity index (χ3v) is 3.22. The summed E-state index contributed by atoms with van der Waals surface area (Å²) >= 11 is 3.33. The standard InChI is InChI=1S/C12H15BrN4O3/c1-20-10-4-3-8(7-9(10)13)11(12(18)19)15-5-2-6-16-17-14/h3-4,7,11,15H,2,5-6H2,1H3,(H,18,19). The number of rotatable bonds is 8. The average Bonchev–Trinajstić information content (AvgIpc) is 2.42. The van der Waals surface area contributed by atoms with Gasteiger partial charge in [-0.3, -0.25) is 4.79 Å². The van der Waals surface area contributed by atoms with Gasteiger partial charge in [-0.2, -0.15) is 0 Å². The zero-order valence-corrected chi connectivity index (χ0v) is 12.5. The van der Waals surface area contributed by atoms with Crippen LogP contribution >= 0.6 is 15.9 Å². The first kappa shape index (κ1) is 16.3. The Morgan fingerprint density at radius 3 is 2.95 bits per heavy atom. The summed E-state index contributed by atoms with van der Waals surface area (Å²) in [6.45, 7) is 0.780. The van der Waals surface area contributed by atoms with Gasteiger partial charge in [-0.05, 0) is 52.1 Å². The number of aliphatic carboxylic acids is 1. The lowest BCUT2D eigenvalue weighted by Gasteiger charge is -2.15. The number of ether oxygens (including phenoxy) is 1. The van der Waals surface area contributed by atoms with Gasteiger partial charge >= 0.3 is 5.97 Å². The van der Waals surface area contributed by atoms with Crippen LogP contribution in [0.25, 0.3) is 10.4 Å². The lowest BCUT2D eigenvalue weighted by atomic mass is 10.1. The van der Waals surface area contributed by atoms with E-state index in [0.717, 1.165) is 0 Å². The van der Waals surface area contributed by atoms with Crippen molar-refractivity contribution in [1.29, 1.82) is 0 Å². The summed E-state index contributed by atoms with van der Waals surface area (Å²) in [4.78, 5) is 13.9. The average molecular weight is 343 g/mol. The number of carbonyl (C=O) groups is 1. The van der Waals surface area contributed by atoms with Gasteiger partial charge in [-0.25, -0.2) is 0 Å². The molecule has 1 aromatic rings. The second-order valence-electron chi connectivity index (χ2n) is 3.93. The zero-order valence-electron chi connectivity index (χ0n) is 10.9. The van der Waals surface area contributed by atoms with Gasteiger partial charge in [0.1, 0.15) is 11.8 Å². The van der Waals surface area contributed by atoms with Gasteiger partial charge in [0.05, 0.1) is 11.6 Å². The highest BCUT2D eigenvalue weighted by Gasteiger charge is 2.19. The highest BCUT2D eigenvalue weighted by molar-refractivity contribution is 9.10. The summed E-state index contributed by atoms with van der Waals surface area (Å²) in [7, 11) is 1.54. The molecule has 8 heteroatoms. The van der Waals surface area contributed by atoms with Crippen molar-refractivity contribution in [2.75, 3.05) is 20.2 Å². The molecule has 0 fully saturated rings. The van der Waals surface area contributed by atoms with Gasteiger partial charge in [-0.15, -0.1) is 0 Å². The molecule has 1 unspecified atom stereocenters. The molecule has 0 aromatic heterocycles. The van der Waals surface area contributed by atoms with Crippen LogP contribution in [0.1, 0.15) is 18.0 Å². The molecule has 0 radical (unpaired) electrons. The number of azide groups is 1. The molecule has 0 aliphatic carbocycles. The van der Waals surface area contributed by atoms with Gasteiger partial charge in [0.15, 0.2) is 0 Å². The Balaban J connectivity index is 2.73. The summed E-state index contributed by atoms with van der Waals surface area (Å²) in [6.07, 6.45) is 0.575. The fraction of sp³-hybridized carbons (Fsp3) is 0.417. The van der Waals surface area contributed by atoms with Crippen LogP contribution in [0.3, 0.4) is 0 Å². The van der Waals surface area contributed by atoms with Crippen molar-refractivity contribution >= 4 is 21.9 Å². The van der Waals surface area contributed by atoms with Crippen molar-refractivity contribution in [3.05, 3.63) is 38.7 Å². The van der Waals surface area contributed by atoms with Crippen molar-refractivity contribution in [3.63, 3.8) is 0 Å². The van der Waals surface area contributed by atoms with E-state index in [1.165, 1.54) is 0 Å². The molecule has 20 heavy (non-hydrogen) atoms. The Morgan fingerprint density at radius 2 is 2.40 bits per heavy atom. The molecule has 0 spiro atoms. The normalized spacial score (nSPS) is 11.5. The minimum absolute atomic E-state index is 0.335. The number of halogens is 1. The number of carboxylic acid groups (broad SMARTS) is 1. The number of methoxy groups -OCH3 is 1. The molecule has 0 saturated heterocycles. The van der Waals surface area contributed by atoms with E-state index in [2.05, 4.69) is 31.3 Å². The molecule has 0 bridgehead atoms. The molecule has 7 nitrogen and oxygen atoms in total. The second kappa shape index (κ2) is 8.42. The second-order valence-corrected chi connectivity index (χ2v) is 4.78. The Hall–Kier alpha value is -1.76. The first-order valence-corrected chi connectivity index (χ1v) is 6.70. The fourth-order valence-electron chi connectivity index (χ4n) is 1.65. The molecule has 0 saturated carbocycles. The van der Waals surface area contributed by atoms with E-state index in [0.29, 0.717) is 35.3 Å². The molecular formula is C12H15BrN4O3. The third kappa shape index (κ3) is 4.73. The van der Waals surface area contributed by atoms with E-state index in [1.807, 2.05) is 0 Å². The monoisotopic (exact) mass is 342 g/mol. The molecule has 2 N–H and O–H groups in total. The lowest BCUT2D eigenvalue weighted by Crippen LogP contribution is -2.29. The van der Waals surface area contributed by atoms with E-state index in [9.17, 15) is 9.90 Å². The van der Waals surface area contributed by atoms with Crippen molar-refractivity contribution < 1.29 is 14.6 Å². The molecule has 0 amide bonds. The van der Waals surface area contributed by atoms with Gasteiger partial charge in [0.25, 0.3) is 0 Å². The number of carboxylic acids is 1. The summed E-state index contributed by atoms with van der Waals surface area (Å²) in [6, 6.07) is 4.29. The Kier molecular flexibility index (Phi) is 6.86. The van der Waals surface area contributed by atoms with Crippen LogP contribution in [0.4, 0.5) is 0 Å². The number of nitrogens with one attached hydrogen (secondary N) is 1. The summed E-state index contributed by atoms with van der Waals surface area (Å²) < 4.78 is 5.80. The molecule has 1 aromatic carbocycles. The molecule has 0 aliphatic heterocycles. The minimum atomic E-state index is -0.967. The number of hydrogen-bond acceptors (Lipinski definition) is 4. The van der Waals surface area contributed by atoms with E-state index in [1.54, 1.807) is 25.3 Å². The quantitative estimate of drug-likeness (QED) is 0.327. The summed E-state index contributed by atoms with van der Waals surface area (Å²) in [5.74, 6) is -0.327. The first-order valence-electron chi connectivity index (χ1n) is 5.90. The predicted molar refractivity (Wildman–Crippen MR) is 77.7 cm³/mol. The molecule has 1 atom stereocenters. The van der Waals surface area contributed by atoms with E-state index in [4.69, 9.17) is 10.3 Å². The maximum absolute atomic E-state index is 11.3. The van der Waals surface area contributed by atoms with Crippen LogP contribution in [0.15, 0.2) is 27.8 Å². The SMILES string of the molecule is COc1ccc(C(NCCCN=[N+]=[N-])C(=O)O)cc1Br. The third-order valence-electron chi connectivity index (χ3n) is 2.60. The fourth-order valence-corrected chi connectivity index (χ4v) is 2.21. The molecule has 108 valence electrons. The Morgan fingerprint density at radius 1 is 1.65 bits per heavy atom. The van der Waals surface area contributed by atoms with Crippen molar-refractivity contribution in [1.82, 2.24) is 5.32 Å². The first-order chi connectivity index (χ1) is 9.60. The predicted octanol–water partition coefficient (Wildman–Crippen LogP) is 2.87. The smallest absolute Gasteiger partial charge is 0.325 e. The summed E-state index contributed by atoms with van der Waals surface area (Å²) in [5, 5.41) is 15.6. The lowest BCUT2D eigenvalue weighted by molar-refractivity contribution is -0.139. The maximum atomic E-state index is 11.3. The minimum Gasteiger partial charge on any atom is -0.496 e. The van der Waals surface area contributed by atoms with Crippen LogP contribution in [-0.4, -0.2) is 31.3 Å². The highest BCUT2D eigenvalue weighted by atomic mass is 79.9. The summed E-state index contributed by atoms with van der Waals surface area (Å²) in [5.41, 5.74) is 8.77. The van der Waals surface area contributed by atoms with Crippen LogP contribution in [0.5, 0.6) is 5.75 Å². The highest BCUT2D eigenvalue weighted by Crippen LogP contribution is 2.28. The zero-order chi connectivity index (χ0) is 15.0. The maximum Gasteiger partial charge on any atom is 0.325 e. The van der Waals surface area contributed by atoms with E-state index in [-0.39, 0.29) is 0 Å². The topological polar surface area (TPSA) is 107 Å². The largest absolute Gasteiger partial charge is 0.496 e. The van der Waals surface area contributed by atoms with Gasteiger partial charge in [-0.1, -0.05) is 11.2 Å². The number of nitrogens with zero attached hydrogens (tertiary/aromatic N) is 3. The molecular weight excluding hydrogens is 328 g/mol.